The first-order valence-corrected chi connectivity index (χ1v) is 6.02. The van der Waals surface area contributed by atoms with Gasteiger partial charge in [-0.2, -0.15) is 0 Å². The lowest BCUT2D eigenvalue weighted by Crippen LogP contribution is -2.16. The fraction of sp³-hybridized carbons (Fsp3) is 0.154. The number of hydrogen-bond donors (Lipinski definition) is 4. The normalized spacial score (nSPS) is 10.1. The molecule has 1 aromatic carbocycles. The van der Waals surface area contributed by atoms with Crippen molar-refractivity contribution in [1.29, 1.82) is 0 Å². The van der Waals surface area contributed by atoms with E-state index < -0.39 is 0 Å². The van der Waals surface area contributed by atoms with Gasteiger partial charge in [0.15, 0.2) is 5.82 Å². The number of nitrogen functional groups attached to an aromatic ring is 1. The first kappa shape index (κ1) is 13.9. The second-order valence-electron chi connectivity index (χ2n) is 4.06. The number of benzene rings is 1. The van der Waals surface area contributed by atoms with Crippen molar-refractivity contribution in [2.24, 2.45) is 5.84 Å². The van der Waals surface area contributed by atoms with Crippen LogP contribution in [0.2, 0.25) is 0 Å². The first-order chi connectivity index (χ1) is 9.72. The molecule has 104 valence electrons. The van der Waals surface area contributed by atoms with Crippen molar-refractivity contribution in [2.75, 3.05) is 17.3 Å². The zero-order valence-corrected chi connectivity index (χ0v) is 10.7. The van der Waals surface area contributed by atoms with Gasteiger partial charge in [-0.1, -0.05) is 12.1 Å². The molecule has 7 nitrogen and oxygen atoms in total. The highest BCUT2D eigenvalue weighted by Crippen LogP contribution is 2.11. The maximum atomic E-state index is 12.0. The highest BCUT2D eigenvalue weighted by atomic mass is 16.3. The van der Waals surface area contributed by atoms with Gasteiger partial charge < -0.3 is 15.8 Å². The molecule has 0 aliphatic rings. The van der Waals surface area contributed by atoms with Crippen LogP contribution in [0, 0.1) is 0 Å². The zero-order valence-electron chi connectivity index (χ0n) is 10.7. The summed E-state index contributed by atoms with van der Waals surface area (Å²) in [7, 11) is 0. The van der Waals surface area contributed by atoms with E-state index in [0.717, 1.165) is 5.56 Å². The SMILES string of the molecule is NNc1cncc(C(=O)Nc2ccc(CCO)cc2)n1. The minimum absolute atomic E-state index is 0.0974. The van der Waals surface area contributed by atoms with Crippen LogP contribution < -0.4 is 16.6 Å². The fourth-order valence-electron chi connectivity index (χ4n) is 1.62. The largest absolute Gasteiger partial charge is 0.396 e. The summed E-state index contributed by atoms with van der Waals surface area (Å²) >= 11 is 0. The number of hydrogen-bond acceptors (Lipinski definition) is 6. The molecule has 5 N–H and O–H groups in total. The summed E-state index contributed by atoms with van der Waals surface area (Å²) in [6.45, 7) is 0.0974. The molecule has 2 aromatic rings. The molecule has 1 amide bonds. The van der Waals surface area contributed by atoms with Crippen molar-refractivity contribution in [1.82, 2.24) is 9.97 Å². The predicted octanol–water partition coefficient (Wildman–Crippen LogP) is 0.549. The third-order valence-electron chi connectivity index (χ3n) is 2.63. The summed E-state index contributed by atoms with van der Waals surface area (Å²) in [5.41, 5.74) is 4.14. The second kappa shape index (κ2) is 6.60. The van der Waals surface area contributed by atoms with Gasteiger partial charge >= 0.3 is 0 Å². The zero-order chi connectivity index (χ0) is 14.4. The van der Waals surface area contributed by atoms with Gasteiger partial charge in [0.1, 0.15) is 5.69 Å². The molecule has 0 unspecified atom stereocenters. The van der Waals surface area contributed by atoms with E-state index in [1.807, 2.05) is 12.1 Å². The minimum Gasteiger partial charge on any atom is -0.396 e. The summed E-state index contributed by atoms with van der Waals surface area (Å²) in [4.78, 5) is 19.8. The quantitative estimate of drug-likeness (QED) is 0.467. The van der Waals surface area contributed by atoms with Crippen LogP contribution in [-0.2, 0) is 6.42 Å². The number of aliphatic hydroxyl groups is 1. The van der Waals surface area contributed by atoms with Crippen molar-refractivity contribution in [3.8, 4) is 0 Å². The molecule has 0 saturated carbocycles. The lowest BCUT2D eigenvalue weighted by Gasteiger charge is -2.06. The van der Waals surface area contributed by atoms with Gasteiger partial charge in [-0.25, -0.2) is 10.8 Å². The van der Waals surface area contributed by atoms with E-state index in [-0.39, 0.29) is 18.2 Å². The Morgan fingerprint density at radius 3 is 2.65 bits per heavy atom. The van der Waals surface area contributed by atoms with Crippen LogP contribution >= 0.6 is 0 Å². The Hall–Kier alpha value is -2.51. The third kappa shape index (κ3) is 3.50. The molecule has 1 heterocycles. The number of nitrogens with one attached hydrogen (secondary N) is 2. The number of nitrogens with zero attached hydrogens (tertiary/aromatic N) is 2. The molecule has 0 radical (unpaired) electrons. The molecule has 0 aliphatic carbocycles. The minimum atomic E-state index is -0.371. The summed E-state index contributed by atoms with van der Waals surface area (Å²) in [5.74, 6) is 5.16. The highest BCUT2D eigenvalue weighted by Gasteiger charge is 2.09. The van der Waals surface area contributed by atoms with Gasteiger partial charge in [-0.3, -0.25) is 9.78 Å². The maximum Gasteiger partial charge on any atom is 0.275 e. The van der Waals surface area contributed by atoms with E-state index in [0.29, 0.717) is 17.9 Å². The van der Waals surface area contributed by atoms with Crippen LogP contribution in [0.15, 0.2) is 36.7 Å². The summed E-state index contributed by atoms with van der Waals surface area (Å²) in [5, 5.41) is 11.5. The number of anilines is 2. The molecule has 0 aliphatic heterocycles. The van der Waals surface area contributed by atoms with Crippen LogP contribution in [0.4, 0.5) is 11.5 Å². The Labute approximate surface area is 115 Å². The van der Waals surface area contributed by atoms with Gasteiger partial charge in [0.25, 0.3) is 5.91 Å². The van der Waals surface area contributed by atoms with Crippen LogP contribution in [0.3, 0.4) is 0 Å². The van der Waals surface area contributed by atoms with Gasteiger partial charge in [-0.05, 0) is 24.1 Å². The number of aliphatic hydroxyl groups excluding tert-OH is 1. The average Bonchev–Trinajstić information content (AvgIpc) is 2.49. The van der Waals surface area contributed by atoms with Crippen molar-refractivity contribution >= 4 is 17.4 Å². The molecule has 2 rings (SSSR count). The Morgan fingerprint density at radius 2 is 2.00 bits per heavy atom. The van der Waals surface area contributed by atoms with Crippen molar-refractivity contribution in [2.45, 2.75) is 6.42 Å². The molecule has 0 atom stereocenters. The Morgan fingerprint density at radius 1 is 1.25 bits per heavy atom. The highest BCUT2D eigenvalue weighted by molar-refractivity contribution is 6.02. The molecule has 0 bridgehead atoms. The molecule has 0 spiro atoms. The monoisotopic (exact) mass is 273 g/mol. The molecule has 7 heteroatoms. The van der Waals surface area contributed by atoms with E-state index in [2.05, 4.69) is 20.7 Å². The Kier molecular flexibility index (Phi) is 4.59. The topological polar surface area (TPSA) is 113 Å². The van der Waals surface area contributed by atoms with Gasteiger partial charge in [-0.15, -0.1) is 0 Å². The first-order valence-electron chi connectivity index (χ1n) is 6.02. The number of nitrogens with two attached hydrogens (primary N) is 1. The molecule has 0 fully saturated rings. The van der Waals surface area contributed by atoms with Crippen LogP contribution in [0.5, 0.6) is 0 Å². The van der Waals surface area contributed by atoms with E-state index >= 15 is 0 Å². The van der Waals surface area contributed by atoms with Crippen molar-refractivity contribution < 1.29 is 9.90 Å². The summed E-state index contributed by atoms with van der Waals surface area (Å²) in [6, 6.07) is 7.22. The molecule has 20 heavy (non-hydrogen) atoms. The van der Waals surface area contributed by atoms with Gasteiger partial charge in [0.05, 0.1) is 12.4 Å². The fourth-order valence-corrected chi connectivity index (χ4v) is 1.62. The number of amides is 1. The van der Waals surface area contributed by atoms with Gasteiger partial charge in [0, 0.05) is 12.3 Å². The standard InChI is InChI=1S/C13H15N5O2/c14-18-12-8-15-7-11(17-12)13(20)16-10-3-1-9(2-4-10)5-6-19/h1-4,7-8,19H,5-6,14H2,(H,16,20)(H,17,18). The van der Waals surface area contributed by atoms with E-state index in [9.17, 15) is 4.79 Å². The average molecular weight is 273 g/mol. The van der Waals surface area contributed by atoms with Crippen molar-refractivity contribution in [3.05, 3.63) is 47.9 Å². The number of carbonyl (C=O) groups excluding carboxylic acids is 1. The smallest absolute Gasteiger partial charge is 0.275 e. The van der Waals surface area contributed by atoms with E-state index in [4.69, 9.17) is 10.9 Å². The number of hydrazine groups is 1. The summed E-state index contributed by atoms with van der Waals surface area (Å²) < 4.78 is 0. The maximum absolute atomic E-state index is 12.0. The molecular formula is C13H15N5O2. The Balaban J connectivity index is 2.06. The number of rotatable bonds is 5. The predicted molar refractivity (Wildman–Crippen MR) is 75.0 cm³/mol. The van der Waals surface area contributed by atoms with Crippen LogP contribution in [0.1, 0.15) is 16.1 Å². The number of aromatic nitrogens is 2. The lowest BCUT2D eigenvalue weighted by molar-refractivity contribution is 0.102. The second-order valence-corrected chi connectivity index (χ2v) is 4.06. The number of carbonyl (C=O) groups is 1. The summed E-state index contributed by atoms with van der Waals surface area (Å²) in [6.07, 6.45) is 3.36. The Bertz CT molecular complexity index is 586. The van der Waals surface area contributed by atoms with Crippen LogP contribution in [-0.4, -0.2) is 27.6 Å². The van der Waals surface area contributed by atoms with Gasteiger partial charge in [0.2, 0.25) is 0 Å². The molecule has 1 aromatic heterocycles. The lowest BCUT2D eigenvalue weighted by atomic mass is 10.1. The van der Waals surface area contributed by atoms with E-state index in [1.54, 1.807) is 12.1 Å². The molecular weight excluding hydrogens is 258 g/mol. The molecule has 0 saturated heterocycles. The third-order valence-corrected chi connectivity index (χ3v) is 2.63. The van der Waals surface area contributed by atoms with Crippen molar-refractivity contribution in [3.63, 3.8) is 0 Å². The van der Waals surface area contributed by atoms with Crippen LogP contribution in [0.25, 0.3) is 0 Å². The van der Waals surface area contributed by atoms with E-state index in [1.165, 1.54) is 12.4 Å².